The van der Waals surface area contributed by atoms with Crippen LogP contribution >= 0.6 is 0 Å². The van der Waals surface area contributed by atoms with Gasteiger partial charge >= 0.3 is 0 Å². The second-order valence-corrected chi connectivity index (χ2v) is 4.80. The Hall–Kier alpha value is -1.75. The van der Waals surface area contributed by atoms with Gasteiger partial charge < -0.3 is 5.73 Å². The van der Waals surface area contributed by atoms with E-state index in [0.29, 0.717) is 11.3 Å². The van der Waals surface area contributed by atoms with Crippen molar-refractivity contribution in [3.8, 4) is 0 Å². The van der Waals surface area contributed by atoms with Gasteiger partial charge in [-0.05, 0) is 31.9 Å². The van der Waals surface area contributed by atoms with Gasteiger partial charge in [-0.1, -0.05) is 6.07 Å². The van der Waals surface area contributed by atoms with Crippen molar-refractivity contribution in [1.82, 2.24) is 9.55 Å². The van der Waals surface area contributed by atoms with E-state index in [9.17, 15) is 9.18 Å². The average molecular weight is 247 g/mol. The molecule has 2 aromatic rings. The van der Waals surface area contributed by atoms with Gasteiger partial charge in [0.1, 0.15) is 17.0 Å². The molecule has 94 valence electrons. The zero-order valence-corrected chi connectivity index (χ0v) is 10.1. The molecule has 1 aromatic heterocycles. The van der Waals surface area contributed by atoms with E-state index in [2.05, 4.69) is 4.98 Å². The van der Waals surface area contributed by atoms with Crippen LogP contribution in [0.15, 0.2) is 23.0 Å². The largest absolute Gasteiger partial charge is 0.322 e. The van der Waals surface area contributed by atoms with E-state index < -0.39 is 5.82 Å². The van der Waals surface area contributed by atoms with Gasteiger partial charge in [0.2, 0.25) is 0 Å². The molecule has 0 unspecified atom stereocenters. The highest BCUT2D eigenvalue weighted by atomic mass is 19.1. The summed E-state index contributed by atoms with van der Waals surface area (Å²) in [6, 6.07) is 4.27. The highest BCUT2D eigenvalue weighted by Crippen LogP contribution is 2.35. The lowest BCUT2D eigenvalue weighted by molar-refractivity contribution is 0.586. The number of halogens is 1. The molecule has 0 amide bonds. The number of benzene rings is 1. The molecule has 3 rings (SSSR count). The Balaban J connectivity index is 2.42. The van der Waals surface area contributed by atoms with Crippen LogP contribution < -0.4 is 11.3 Å². The molecule has 1 heterocycles. The van der Waals surface area contributed by atoms with Gasteiger partial charge in [0.05, 0.1) is 11.6 Å². The molecule has 0 bridgehead atoms. The smallest absolute Gasteiger partial charge is 0.264 e. The molecular weight excluding hydrogens is 233 g/mol. The van der Waals surface area contributed by atoms with Crippen molar-refractivity contribution in [2.45, 2.75) is 31.8 Å². The number of hydrogen-bond donors (Lipinski definition) is 1. The highest BCUT2D eigenvalue weighted by molar-refractivity contribution is 5.78. The van der Waals surface area contributed by atoms with Crippen LogP contribution in [-0.2, 0) is 0 Å². The number of nitrogens with two attached hydrogens (primary N) is 1. The summed E-state index contributed by atoms with van der Waals surface area (Å²) >= 11 is 0. The van der Waals surface area contributed by atoms with Gasteiger partial charge in [0, 0.05) is 6.04 Å². The summed E-state index contributed by atoms with van der Waals surface area (Å²) in [6.07, 6.45) is 1.86. The first kappa shape index (κ1) is 11.3. The topological polar surface area (TPSA) is 60.9 Å². The fraction of sp³-hybridized carbons (Fsp3) is 0.385. The monoisotopic (exact) mass is 247 g/mol. The van der Waals surface area contributed by atoms with Crippen molar-refractivity contribution in [2.75, 3.05) is 0 Å². The molecule has 1 aliphatic rings. The quantitative estimate of drug-likeness (QED) is 0.881. The summed E-state index contributed by atoms with van der Waals surface area (Å²) in [7, 11) is 0. The summed E-state index contributed by atoms with van der Waals surface area (Å²) in [6.45, 7) is 1.78. The Morgan fingerprint density at radius 1 is 1.50 bits per heavy atom. The molecule has 1 saturated carbocycles. The minimum Gasteiger partial charge on any atom is -0.322 e. The molecule has 18 heavy (non-hydrogen) atoms. The number of fused-ring (bicyclic) bond motifs is 1. The molecule has 4 nitrogen and oxygen atoms in total. The molecule has 1 aromatic carbocycles. The molecule has 5 heteroatoms. The fourth-order valence-corrected chi connectivity index (χ4v) is 2.23. The summed E-state index contributed by atoms with van der Waals surface area (Å²) in [5.41, 5.74) is 5.93. The van der Waals surface area contributed by atoms with Gasteiger partial charge in [-0.25, -0.2) is 9.37 Å². The SMILES string of the molecule is C[C@H](N)c1nc2cccc(F)c2c(=O)n1C1CC1. The van der Waals surface area contributed by atoms with Crippen LogP contribution in [0.4, 0.5) is 4.39 Å². The van der Waals surface area contributed by atoms with Crippen LogP contribution in [-0.4, -0.2) is 9.55 Å². The molecule has 2 N–H and O–H groups in total. The molecule has 0 spiro atoms. The van der Waals surface area contributed by atoms with Crippen LogP contribution in [0.2, 0.25) is 0 Å². The molecule has 1 atom stereocenters. The molecule has 0 saturated heterocycles. The Bertz CT molecular complexity index is 674. The maximum absolute atomic E-state index is 13.8. The van der Waals surface area contributed by atoms with E-state index in [-0.39, 0.29) is 23.0 Å². The van der Waals surface area contributed by atoms with Crippen molar-refractivity contribution in [1.29, 1.82) is 0 Å². The fourth-order valence-electron chi connectivity index (χ4n) is 2.23. The third-order valence-corrected chi connectivity index (χ3v) is 3.23. The van der Waals surface area contributed by atoms with E-state index in [0.717, 1.165) is 12.8 Å². The number of aromatic nitrogens is 2. The van der Waals surface area contributed by atoms with Crippen LogP contribution in [0, 0.1) is 5.82 Å². The van der Waals surface area contributed by atoms with Crippen molar-refractivity contribution in [2.24, 2.45) is 5.73 Å². The number of hydrogen-bond acceptors (Lipinski definition) is 3. The second-order valence-electron chi connectivity index (χ2n) is 4.80. The molecule has 1 fully saturated rings. The number of nitrogens with zero attached hydrogens (tertiary/aromatic N) is 2. The zero-order chi connectivity index (χ0) is 12.9. The third-order valence-electron chi connectivity index (χ3n) is 3.23. The van der Waals surface area contributed by atoms with E-state index in [1.165, 1.54) is 6.07 Å². The van der Waals surface area contributed by atoms with Crippen LogP contribution in [0.3, 0.4) is 0 Å². The normalized spacial score (nSPS) is 17.1. The molecular formula is C13H14FN3O. The van der Waals surface area contributed by atoms with Gasteiger partial charge in [0.15, 0.2) is 0 Å². The van der Waals surface area contributed by atoms with Crippen LogP contribution in [0.5, 0.6) is 0 Å². The minimum absolute atomic E-state index is 0.0637. The molecule has 0 radical (unpaired) electrons. The van der Waals surface area contributed by atoms with Gasteiger partial charge in [-0.15, -0.1) is 0 Å². The predicted octanol–water partition coefficient (Wildman–Crippen LogP) is 1.89. The van der Waals surface area contributed by atoms with Crippen molar-refractivity contribution in [3.05, 3.63) is 40.2 Å². The summed E-state index contributed by atoms with van der Waals surface area (Å²) in [5, 5.41) is 0.0637. The standard InChI is InChI=1S/C13H14FN3O/c1-7(15)12-16-10-4-2-3-9(14)11(10)13(18)17(12)8-5-6-8/h2-4,7-8H,5-6,15H2,1H3/t7-/m0/s1. The second kappa shape index (κ2) is 3.88. The Morgan fingerprint density at radius 3 is 2.83 bits per heavy atom. The van der Waals surface area contributed by atoms with Crippen molar-refractivity contribution in [3.63, 3.8) is 0 Å². The lowest BCUT2D eigenvalue weighted by atomic mass is 10.2. The predicted molar refractivity (Wildman–Crippen MR) is 66.8 cm³/mol. The third kappa shape index (κ3) is 1.62. The van der Waals surface area contributed by atoms with E-state index >= 15 is 0 Å². The van der Waals surface area contributed by atoms with Crippen molar-refractivity contribution >= 4 is 10.9 Å². The maximum Gasteiger partial charge on any atom is 0.264 e. The van der Waals surface area contributed by atoms with E-state index in [4.69, 9.17) is 5.73 Å². The summed E-state index contributed by atoms with van der Waals surface area (Å²) in [5.74, 6) is 0.0243. The van der Waals surface area contributed by atoms with Crippen molar-refractivity contribution < 1.29 is 4.39 Å². The number of rotatable bonds is 2. The lowest BCUT2D eigenvalue weighted by Gasteiger charge is -2.15. The van der Waals surface area contributed by atoms with E-state index in [1.54, 1.807) is 23.6 Å². The van der Waals surface area contributed by atoms with E-state index in [1.807, 2.05) is 0 Å². The van der Waals surface area contributed by atoms with Crippen LogP contribution in [0.1, 0.15) is 37.7 Å². The first-order valence-electron chi connectivity index (χ1n) is 6.06. The summed E-state index contributed by atoms with van der Waals surface area (Å²) < 4.78 is 15.3. The Morgan fingerprint density at radius 2 is 2.22 bits per heavy atom. The average Bonchev–Trinajstić information content (AvgIpc) is 3.12. The lowest BCUT2D eigenvalue weighted by Crippen LogP contribution is -2.28. The first-order chi connectivity index (χ1) is 8.59. The maximum atomic E-state index is 13.8. The Labute approximate surface area is 103 Å². The van der Waals surface area contributed by atoms with Crippen LogP contribution in [0.25, 0.3) is 10.9 Å². The Kier molecular flexibility index (Phi) is 2.45. The summed E-state index contributed by atoms with van der Waals surface area (Å²) in [4.78, 5) is 16.7. The molecule has 0 aliphatic heterocycles. The van der Waals surface area contributed by atoms with Gasteiger partial charge in [0.25, 0.3) is 5.56 Å². The molecule has 1 aliphatic carbocycles. The highest BCUT2D eigenvalue weighted by Gasteiger charge is 2.29. The minimum atomic E-state index is -0.518. The first-order valence-corrected chi connectivity index (χ1v) is 6.06. The van der Waals surface area contributed by atoms with Gasteiger partial charge in [-0.2, -0.15) is 0 Å². The van der Waals surface area contributed by atoms with Gasteiger partial charge in [-0.3, -0.25) is 9.36 Å². The zero-order valence-electron chi connectivity index (χ0n) is 10.1.